The van der Waals surface area contributed by atoms with E-state index < -0.39 is 0 Å². The third kappa shape index (κ3) is 3.57. The Morgan fingerprint density at radius 3 is 2.82 bits per heavy atom. The van der Waals surface area contributed by atoms with Crippen molar-refractivity contribution in [1.29, 1.82) is 0 Å². The van der Waals surface area contributed by atoms with Crippen molar-refractivity contribution >= 4 is 0 Å². The molecule has 64 valence electrons. The second-order valence-corrected chi connectivity index (χ2v) is 3.43. The summed E-state index contributed by atoms with van der Waals surface area (Å²) in [6, 6.07) is 0. The Hall–Kier alpha value is -0.300. The molecule has 0 radical (unpaired) electrons. The van der Waals surface area contributed by atoms with Gasteiger partial charge >= 0.3 is 0 Å². The topological polar surface area (TPSA) is 12.0 Å². The van der Waals surface area contributed by atoms with Crippen LogP contribution in [0.4, 0.5) is 0 Å². The maximum Gasteiger partial charge on any atom is -0.00205 e. The minimum Gasteiger partial charge on any atom is -0.316 e. The lowest BCUT2D eigenvalue weighted by atomic mass is 9.85. The first-order valence-corrected chi connectivity index (χ1v) is 4.75. The van der Waals surface area contributed by atoms with Crippen LogP contribution in [0.5, 0.6) is 0 Å². The number of rotatable bonds is 6. The number of nitrogens with one attached hydrogen (secondary N) is 1. The van der Waals surface area contributed by atoms with Crippen LogP contribution in [0.15, 0.2) is 12.7 Å². The van der Waals surface area contributed by atoms with Gasteiger partial charge in [-0.05, 0) is 44.7 Å². The highest BCUT2D eigenvalue weighted by Gasteiger charge is 2.15. The molecule has 0 bridgehead atoms. The van der Waals surface area contributed by atoms with Crippen LogP contribution >= 0.6 is 0 Å². The molecule has 11 heavy (non-hydrogen) atoms. The first kappa shape index (κ1) is 8.79. The normalized spacial score (nSPS) is 17.8. The molecule has 0 aliphatic heterocycles. The van der Waals surface area contributed by atoms with E-state index in [9.17, 15) is 0 Å². The molecule has 1 aliphatic rings. The molecule has 0 aromatic rings. The Morgan fingerprint density at radius 1 is 1.45 bits per heavy atom. The molecule has 0 aromatic carbocycles. The SMILES string of the molecule is C=CCCCNCC1CCC1. The van der Waals surface area contributed by atoms with Crippen LogP contribution in [-0.2, 0) is 0 Å². The first-order chi connectivity index (χ1) is 5.43. The first-order valence-electron chi connectivity index (χ1n) is 4.75. The van der Waals surface area contributed by atoms with Gasteiger partial charge in [0.25, 0.3) is 0 Å². The largest absolute Gasteiger partial charge is 0.316 e. The van der Waals surface area contributed by atoms with Crippen molar-refractivity contribution in [3.05, 3.63) is 12.7 Å². The Kier molecular flexibility index (Phi) is 4.29. The van der Waals surface area contributed by atoms with E-state index in [-0.39, 0.29) is 0 Å². The van der Waals surface area contributed by atoms with Gasteiger partial charge in [0.2, 0.25) is 0 Å². The third-order valence-electron chi connectivity index (χ3n) is 2.42. The summed E-state index contributed by atoms with van der Waals surface area (Å²) in [5.74, 6) is 0.999. The molecule has 1 rings (SSSR count). The van der Waals surface area contributed by atoms with Gasteiger partial charge in [0.15, 0.2) is 0 Å². The monoisotopic (exact) mass is 153 g/mol. The zero-order chi connectivity index (χ0) is 7.94. The highest BCUT2D eigenvalue weighted by Crippen LogP contribution is 2.24. The zero-order valence-electron chi connectivity index (χ0n) is 7.31. The Morgan fingerprint density at radius 2 is 2.27 bits per heavy atom. The molecule has 1 fully saturated rings. The predicted octanol–water partition coefficient (Wildman–Crippen LogP) is 2.34. The van der Waals surface area contributed by atoms with Gasteiger partial charge in [-0.3, -0.25) is 0 Å². The van der Waals surface area contributed by atoms with Crippen LogP contribution in [0, 0.1) is 5.92 Å². The van der Waals surface area contributed by atoms with Gasteiger partial charge < -0.3 is 5.32 Å². The molecular weight excluding hydrogens is 134 g/mol. The van der Waals surface area contributed by atoms with Crippen LogP contribution in [0.3, 0.4) is 0 Å². The quantitative estimate of drug-likeness (QED) is 0.456. The lowest BCUT2D eigenvalue weighted by Crippen LogP contribution is -2.27. The second kappa shape index (κ2) is 5.36. The average molecular weight is 153 g/mol. The molecule has 0 aromatic heterocycles. The highest BCUT2D eigenvalue weighted by molar-refractivity contribution is 4.72. The van der Waals surface area contributed by atoms with Crippen LogP contribution in [0.2, 0.25) is 0 Å². The summed E-state index contributed by atoms with van der Waals surface area (Å²) in [4.78, 5) is 0. The average Bonchev–Trinajstić information content (AvgIpc) is 1.93. The third-order valence-corrected chi connectivity index (χ3v) is 2.42. The molecule has 0 saturated heterocycles. The molecule has 1 saturated carbocycles. The van der Waals surface area contributed by atoms with Gasteiger partial charge in [0, 0.05) is 0 Å². The lowest BCUT2D eigenvalue weighted by Gasteiger charge is -2.25. The molecule has 0 heterocycles. The van der Waals surface area contributed by atoms with E-state index in [0.29, 0.717) is 0 Å². The van der Waals surface area contributed by atoms with Crippen molar-refractivity contribution in [3.63, 3.8) is 0 Å². The molecular formula is C10H19N. The summed E-state index contributed by atoms with van der Waals surface area (Å²) in [6.07, 6.45) is 8.75. The summed E-state index contributed by atoms with van der Waals surface area (Å²) in [5.41, 5.74) is 0. The molecule has 0 spiro atoms. The molecule has 0 amide bonds. The Labute approximate surface area is 69.9 Å². The van der Waals surface area contributed by atoms with Gasteiger partial charge in [0.05, 0.1) is 0 Å². The minimum absolute atomic E-state index is 0.999. The van der Waals surface area contributed by atoms with Crippen LogP contribution < -0.4 is 5.32 Å². The van der Waals surface area contributed by atoms with Crippen molar-refractivity contribution in [1.82, 2.24) is 5.32 Å². The minimum atomic E-state index is 0.999. The van der Waals surface area contributed by atoms with E-state index in [2.05, 4.69) is 11.9 Å². The smallest absolute Gasteiger partial charge is 0.00205 e. The van der Waals surface area contributed by atoms with Gasteiger partial charge in [-0.25, -0.2) is 0 Å². The van der Waals surface area contributed by atoms with Crippen LogP contribution in [-0.4, -0.2) is 13.1 Å². The summed E-state index contributed by atoms with van der Waals surface area (Å²) in [6.45, 7) is 6.11. The maximum absolute atomic E-state index is 3.69. The van der Waals surface area contributed by atoms with Crippen molar-refractivity contribution in [2.45, 2.75) is 32.1 Å². The number of hydrogen-bond acceptors (Lipinski definition) is 1. The van der Waals surface area contributed by atoms with E-state index >= 15 is 0 Å². The standard InChI is InChI=1S/C10H19N/c1-2-3-4-8-11-9-10-6-5-7-10/h2,10-11H,1,3-9H2. The fourth-order valence-electron chi connectivity index (χ4n) is 1.37. The van der Waals surface area contributed by atoms with Gasteiger partial charge in [-0.15, -0.1) is 6.58 Å². The fraction of sp³-hybridized carbons (Fsp3) is 0.800. The highest BCUT2D eigenvalue weighted by atomic mass is 14.9. The van der Waals surface area contributed by atoms with E-state index in [1.54, 1.807) is 0 Å². The fourth-order valence-corrected chi connectivity index (χ4v) is 1.37. The maximum atomic E-state index is 3.69. The lowest BCUT2D eigenvalue weighted by molar-refractivity contribution is 0.302. The molecule has 1 nitrogen and oxygen atoms in total. The van der Waals surface area contributed by atoms with Crippen molar-refractivity contribution in [3.8, 4) is 0 Å². The van der Waals surface area contributed by atoms with Crippen molar-refractivity contribution < 1.29 is 0 Å². The van der Waals surface area contributed by atoms with Gasteiger partial charge in [-0.1, -0.05) is 12.5 Å². The predicted molar refractivity (Wildman–Crippen MR) is 49.6 cm³/mol. The van der Waals surface area contributed by atoms with E-state index in [4.69, 9.17) is 0 Å². The number of allylic oxidation sites excluding steroid dienone is 1. The molecule has 1 heteroatoms. The van der Waals surface area contributed by atoms with Crippen molar-refractivity contribution in [2.75, 3.05) is 13.1 Å². The molecule has 1 N–H and O–H groups in total. The summed E-state index contributed by atoms with van der Waals surface area (Å²) < 4.78 is 0. The molecule has 0 atom stereocenters. The van der Waals surface area contributed by atoms with Gasteiger partial charge in [0.1, 0.15) is 0 Å². The van der Waals surface area contributed by atoms with E-state index in [1.165, 1.54) is 38.8 Å². The van der Waals surface area contributed by atoms with E-state index in [1.807, 2.05) is 6.08 Å². The number of unbranched alkanes of at least 4 members (excludes halogenated alkanes) is 1. The van der Waals surface area contributed by atoms with Crippen LogP contribution in [0.1, 0.15) is 32.1 Å². The van der Waals surface area contributed by atoms with Crippen molar-refractivity contribution in [2.24, 2.45) is 5.92 Å². The summed E-state index contributed by atoms with van der Waals surface area (Å²) in [5, 5.41) is 3.47. The summed E-state index contributed by atoms with van der Waals surface area (Å²) >= 11 is 0. The molecule has 1 aliphatic carbocycles. The Balaban J connectivity index is 1.76. The van der Waals surface area contributed by atoms with E-state index in [0.717, 1.165) is 12.3 Å². The molecule has 0 unspecified atom stereocenters. The second-order valence-electron chi connectivity index (χ2n) is 3.43. The Bertz CT molecular complexity index is 105. The number of hydrogen-bond donors (Lipinski definition) is 1. The summed E-state index contributed by atoms with van der Waals surface area (Å²) in [7, 11) is 0. The zero-order valence-corrected chi connectivity index (χ0v) is 7.31. The van der Waals surface area contributed by atoms with Crippen LogP contribution in [0.25, 0.3) is 0 Å². The van der Waals surface area contributed by atoms with Gasteiger partial charge in [-0.2, -0.15) is 0 Å².